The predicted octanol–water partition coefficient (Wildman–Crippen LogP) is 2.27. The van der Waals surface area contributed by atoms with E-state index in [1.54, 1.807) is 11.3 Å². The molecule has 1 atom stereocenters. The van der Waals surface area contributed by atoms with Crippen molar-refractivity contribution in [3.8, 4) is 5.75 Å². The van der Waals surface area contributed by atoms with Crippen LogP contribution >= 0.6 is 11.3 Å². The van der Waals surface area contributed by atoms with Crippen molar-refractivity contribution < 1.29 is 19.0 Å². The summed E-state index contributed by atoms with van der Waals surface area (Å²) in [5.41, 5.74) is 0. The molecule has 0 fully saturated rings. The molecule has 0 radical (unpaired) electrons. The van der Waals surface area contributed by atoms with Gasteiger partial charge in [0.15, 0.2) is 0 Å². The summed E-state index contributed by atoms with van der Waals surface area (Å²) in [6, 6.07) is 9.55. The summed E-state index contributed by atoms with van der Waals surface area (Å²) in [6.07, 6.45) is -0.741. The molecule has 0 aliphatic rings. The molecule has 0 bridgehead atoms. The minimum atomic E-state index is -0.741. The molecular weight excluding hydrogens is 343 g/mol. The second-order valence-corrected chi connectivity index (χ2v) is 6.63. The molecule has 136 valence electrons. The Balaban J connectivity index is 1.70. The number of ether oxygens (including phenoxy) is 1. The minimum Gasteiger partial charge on any atom is -0.491 e. The van der Waals surface area contributed by atoms with Gasteiger partial charge in [-0.25, -0.2) is 4.39 Å². The number of aliphatic hydroxyl groups is 1. The summed E-state index contributed by atoms with van der Waals surface area (Å²) in [6.45, 7) is 3.71. The van der Waals surface area contributed by atoms with E-state index in [0.29, 0.717) is 25.4 Å². The Morgan fingerprint density at radius 3 is 2.76 bits per heavy atom. The third-order valence-corrected chi connectivity index (χ3v) is 4.46. The third kappa shape index (κ3) is 7.21. The Labute approximate surface area is 151 Å². The van der Waals surface area contributed by atoms with Crippen LogP contribution in [0, 0.1) is 5.82 Å². The van der Waals surface area contributed by atoms with Crippen LogP contribution in [-0.4, -0.2) is 48.3 Å². The fourth-order valence-electron chi connectivity index (χ4n) is 2.24. The molecule has 2 rings (SSSR count). The average molecular weight is 366 g/mol. The molecule has 1 aromatic carbocycles. The monoisotopic (exact) mass is 366 g/mol. The van der Waals surface area contributed by atoms with Gasteiger partial charge in [0, 0.05) is 11.4 Å². The largest absolute Gasteiger partial charge is 0.491 e. The first-order chi connectivity index (χ1) is 12.1. The fraction of sp³-hybridized carbons (Fsp3) is 0.389. The molecule has 0 saturated heterocycles. The fourth-order valence-corrected chi connectivity index (χ4v) is 2.88. The average Bonchev–Trinajstić information content (AvgIpc) is 3.12. The number of benzene rings is 1. The van der Waals surface area contributed by atoms with Gasteiger partial charge in [-0.3, -0.25) is 9.69 Å². The zero-order valence-electron chi connectivity index (χ0n) is 14.2. The number of hydrogen-bond acceptors (Lipinski definition) is 5. The van der Waals surface area contributed by atoms with Gasteiger partial charge in [-0.1, -0.05) is 13.0 Å². The van der Waals surface area contributed by atoms with E-state index in [4.69, 9.17) is 4.74 Å². The van der Waals surface area contributed by atoms with Crippen molar-refractivity contribution in [1.82, 2.24) is 10.2 Å². The molecule has 2 aromatic rings. The van der Waals surface area contributed by atoms with Crippen molar-refractivity contribution >= 4 is 17.2 Å². The van der Waals surface area contributed by atoms with Crippen LogP contribution in [0.25, 0.3) is 0 Å². The number of thiophene rings is 1. The summed E-state index contributed by atoms with van der Waals surface area (Å²) >= 11 is 1.60. The van der Waals surface area contributed by atoms with E-state index in [0.717, 1.165) is 4.88 Å². The van der Waals surface area contributed by atoms with Crippen molar-refractivity contribution in [3.63, 3.8) is 0 Å². The minimum absolute atomic E-state index is 0.0816. The van der Waals surface area contributed by atoms with Crippen LogP contribution in [0.5, 0.6) is 5.75 Å². The molecular formula is C18H23FN2O3S. The number of carbonyl (C=O) groups is 1. The highest BCUT2D eigenvalue weighted by molar-refractivity contribution is 7.09. The molecule has 25 heavy (non-hydrogen) atoms. The van der Waals surface area contributed by atoms with Crippen LogP contribution in [0.15, 0.2) is 41.8 Å². The number of carbonyl (C=O) groups excluding carboxylic acids is 1. The van der Waals surface area contributed by atoms with E-state index in [1.165, 1.54) is 24.3 Å². The molecule has 1 heterocycles. The van der Waals surface area contributed by atoms with Gasteiger partial charge >= 0.3 is 0 Å². The molecule has 2 N–H and O–H groups in total. The van der Waals surface area contributed by atoms with Crippen LogP contribution in [0.4, 0.5) is 4.39 Å². The van der Waals surface area contributed by atoms with Crippen molar-refractivity contribution in [2.45, 2.75) is 19.6 Å². The molecule has 1 aromatic heterocycles. The van der Waals surface area contributed by atoms with Crippen molar-refractivity contribution in [1.29, 1.82) is 0 Å². The van der Waals surface area contributed by atoms with Crippen LogP contribution in [0.2, 0.25) is 0 Å². The molecule has 0 saturated carbocycles. The number of likely N-dealkylation sites (N-methyl/N-ethyl adjacent to an activating group) is 1. The quantitative estimate of drug-likeness (QED) is 0.677. The van der Waals surface area contributed by atoms with E-state index in [1.807, 2.05) is 29.3 Å². The lowest BCUT2D eigenvalue weighted by atomic mass is 10.3. The molecule has 0 aliphatic carbocycles. The molecule has 5 nitrogen and oxygen atoms in total. The van der Waals surface area contributed by atoms with Crippen LogP contribution in [0.1, 0.15) is 11.8 Å². The molecule has 0 aliphatic heterocycles. The highest BCUT2D eigenvalue weighted by atomic mass is 32.1. The Morgan fingerprint density at radius 2 is 2.12 bits per heavy atom. The maximum atomic E-state index is 12.8. The first kappa shape index (κ1) is 19.4. The summed E-state index contributed by atoms with van der Waals surface area (Å²) in [4.78, 5) is 15.0. The number of halogens is 1. The predicted molar refractivity (Wildman–Crippen MR) is 96.2 cm³/mol. The first-order valence-electron chi connectivity index (χ1n) is 8.14. The molecule has 1 unspecified atom stereocenters. The second kappa shape index (κ2) is 10.1. The standard InChI is InChI=1S/C18H23FN2O3S/c1-2-21(12-18(23)20-10-17-4-3-9-25-17)11-15(22)13-24-16-7-5-14(19)6-8-16/h3-9,15,22H,2,10-13H2,1H3,(H,20,23). The number of hydrogen-bond donors (Lipinski definition) is 2. The molecule has 0 spiro atoms. The third-order valence-electron chi connectivity index (χ3n) is 3.58. The van der Waals surface area contributed by atoms with Crippen LogP contribution in [0.3, 0.4) is 0 Å². The van der Waals surface area contributed by atoms with Gasteiger partial charge in [0.05, 0.1) is 13.1 Å². The lowest BCUT2D eigenvalue weighted by Gasteiger charge is -2.23. The van der Waals surface area contributed by atoms with Crippen molar-refractivity contribution in [2.24, 2.45) is 0 Å². The lowest BCUT2D eigenvalue weighted by molar-refractivity contribution is -0.122. The Morgan fingerprint density at radius 1 is 1.36 bits per heavy atom. The van der Waals surface area contributed by atoms with Gasteiger partial charge in [-0.05, 0) is 42.3 Å². The molecule has 1 amide bonds. The van der Waals surface area contributed by atoms with Gasteiger partial charge in [0.1, 0.15) is 24.3 Å². The zero-order chi connectivity index (χ0) is 18.1. The number of amides is 1. The topological polar surface area (TPSA) is 61.8 Å². The Hall–Kier alpha value is -1.96. The van der Waals surface area contributed by atoms with E-state index in [-0.39, 0.29) is 24.9 Å². The number of rotatable bonds is 10. The smallest absolute Gasteiger partial charge is 0.234 e. The number of nitrogens with one attached hydrogen (secondary N) is 1. The Kier molecular flexibility index (Phi) is 7.84. The highest BCUT2D eigenvalue weighted by Gasteiger charge is 2.14. The van der Waals surface area contributed by atoms with Gasteiger partial charge in [0.25, 0.3) is 0 Å². The van der Waals surface area contributed by atoms with E-state index in [2.05, 4.69) is 5.32 Å². The van der Waals surface area contributed by atoms with Crippen molar-refractivity contribution in [3.05, 3.63) is 52.5 Å². The maximum Gasteiger partial charge on any atom is 0.234 e. The number of aliphatic hydroxyl groups excluding tert-OH is 1. The van der Waals surface area contributed by atoms with Crippen molar-refractivity contribution in [2.75, 3.05) is 26.2 Å². The molecule has 7 heteroatoms. The number of nitrogens with zero attached hydrogens (tertiary/aromatic N) is 1. The van der Waals surface area contributed by atoms with Crippen LogP contribution in [-0.2, 0) is 11.3 Å². The lowest BCUT2D eigenvalue weighted by Crippen LogP contribution is -2.42. The van der Waals surface area contributed by atoms with E-state index < -0.39 is 6.10 Å². The van der Waals surface area contributed by atoms with Gasteiger partial charge in [-0.15, -0.1) is 11.3 Å². The highest BCUT2D eigenvalue weighted by Crippen LogP contribution is 2.11. The summed E-state index contributed by atoms with van der Waals surface area (Å²) in [7, 11) is 0. The normalized spacial score (nSPS) is 12.2. The summed E-state index contributed by atoms with van der Waals surface area (Å²) in [5.74, 6) is 0.0812. The van der Waals surface area contributed by atoms with Gasteiger partial charge < -0.3 is 15.2 Å². The van der Waals surface area contributed by atoms with Crippen LogP contribution < -0.4 is 10.1 Å². The van der Waals surface area contributed by atoms with Gasteiger partial charge in [-0.2, -0.15) is 0 Å². The Bertz CT molecular complexity index is 634. The van der Waals surface area contributed by atoms with Gasteiger partial charge in [0.2, 0.25) is 5.91 Å². The second-order valence-electron chi connectivity index (χ2n) is 5.60. The SMILES string of the molecule is CCN(CC(=O)NCc1cccs1)CC(O)COc1ccc(F)cc1. The summed E-state index contributed by atoms with van der Waals surface area (Å²) in [5, 5.41) is 14.9. The van der Waals surface area contributed by atoms with E-state index in [9.17, 15) is 14.3 Å². The first-order valence-corrected chi connectivity index (χ1v) is 9.02. The maximum absolute atomic E-state index is 12.8. The van der Waals surface area contributed by atoms with E-state index >= 15 is 0 Å². The zero-order valence-corrected chi connectivity index (χ0v) is 15.0. The summed E-state index contributed by atoms with van der Waals surface area (Å²) < 4.78 is 18.3.